The number of carbonyl (C=O) groups excluding carboxylic acids is 1. The molecule has 0 spiro atoms. The standard InChI is InChI=1S/C29H21BrN2O4S/c1-36-28(35)19-9-7-18(8-10-19)26-21-12-11-17-4-2-3-5-20(17)25(21)31-29-32(26)27(34)24(37-29)15-16-6-13-23(33)22(30)14-16/h2-10,13-15,26,33H,11-12H2,1H3. The van der Waals surface area contributed by atoms with Crippen LogP contribution in [-0.2, 0) is 11.2 Å². The van der Waals surface area contributed by atoms with Crippen LogP contribution in [0.2, 0.25) is 0 Å². The Morgan fingerprint density at radius 2 is 1.92 bits per heavy atom. The lowest BCUT2D eigenvalue weighted by atomic mass is 9.83. The van der Waals surface area contributed by atoms with Gasteiger partial charge in [0.15, 0.2) is 4.80 Å². The molecule has 184 valence electrons. The summed E-state index contributed by atoms with van der Waals surface area (Å²) >= 11 is 4.69. The number of allylic oxidation sites excluding steroid dienone is 1. The number of fused-ring (bicyclic) bond motifs is 3. The van der Waals surface area contributed by atoms with Crippen molar-refractivity contribution in [2.75, 3.05) is 7.11 Å². The third kappa shape index (κ3) is 4.06. The van der Waals surface area contributed by atoms with Crippen LogP contribution in [0.25, 0.3) is 11.8 Å². The summed E-state index contributed by atoms with van der Waals surface area (Å²) in [5.74, 6) is -0.262. The van der Waals surface area contributed by atoms with Gasteiger partial charge in [0.2, 0.25) is 0 Å². The van der Waals surface area contributed by atoms with Gasteiger partial charge in [0, 0.05) is 5.56 Å². The molecule has 6 nitrogen and oxygen atoms in total. The molecular formula is C29H21BrN2O4S. The SMILES string of the molecule is COC(=O)c1ccc(C2C3=C(N=c4sc(=Cc5ccc(O)c(Br)c5)c(=O)n42)c2ccccc2CC3)cc1. The number of carbonyl (C=O) groups is 1. The van der Waals surface area contributed by atoms with Gasteiger partial charge in [0.05, 0.1) is 33.4 Å². The van der Waals surface area contributed by atoms with Gasteiger partial charge in [0.25, 0.3) is 5.56 Å². The maximum absolute atomic E-state index is 13.8. The van der Waals surface area contributed by atoms with Gasteiger partial charge in [-0.1, -0.05) is 53.8 Å². The molecule has 1 N–H and O–H groups in total. The van der Waals surface area contributed by atoms with Crippen molar-refractivity contribution >= 4 is 45.0 Å². The molecule has 1 unspecified atom stereocenters. The number of esters is 1. The number of benzene rings is 3. The summed E-state index contributed by atoms with van der Waals surface area (Å²) in [6, 6.07) is 20.3. The number of phenolic OH excluding ortho intramolecular Hbond substituents is 1. The molecule has 0 saturated heterocycles. The minimum absolute atomic E-state index is 0.125. The van der Waals surface area contributed by atoms with Gasteiger partial charge in [-0.05, 0) is 81.4 Å². The number of thiazole rings is 1. The zero-order valence-electron chi connectivity index (χ0n) is 19.8. The summed E-state index contributed by atoms with van der Waals surface area (Å²) < 4.78 is 7.74. The number of aryl methyl sites for hydroxylation is 1. The summed E-state index contributed by atoms with van der Waals surface area (Å²) in [6.45, 7) is 0. The van der Waals surface area contributed by atoms with Crippen molar-refractivity contribution in [2.24, 2.45) is 4.99 Å². The van der Waals surface area contributed by atoms with E-state index in [-0.39, 0.29) is 17.4 Å². The molecule has 0 saturated carbocycles. The van der Waals surface area contributed by atoms with E-state index in [1.165, 1.54) is 24.0 Å². The Morgan fingerprint density at radius 1 is 1.14 bits per heavy atom. The highest BCUT2D eigenvalue weighted by Crippen LogP contribution is 2.41. The zero-order chi connectivity index (χ0) is 25.7. The fraction of sp³-hybridized carbons (Fsp3) is 0.138. The fourth-order valence-corrected chi connectivity index (χ4v) is 6.40. The molecule has 6 rings (SSSR count). The van der Waals surface area contributed by atoms with Crippen LogP contribution in [0.4, 0.5) is 0 Å². The van der Waals surface area contributed by atoms with Crippen LogP contribution in [-0.4, -0.2) is 22.8 Å². The topological polar surface area (TPSA) is 80.9 Å². The van der Waals surface area contributed by atoms with E-state index < -0.39 is 5.97 Å². The number of hydrogen-bond acceptors (Lipinski definition) is 6. The van der Waals surface area contributed by atoms with Crippen LogP contribution in [0.1, 0.15) is 45.1 Å². The molecular weight excluding hydrogens is 552 g/mol. The first-order chi connectivity index (χ1) is 17.9. The molecule has 2 aliphatic rings. The van der Waals surface area contributed by atoms with Crippen LogP contribution < -0.4 is 14.9 Å². The monoisotopic (exact) mass is 572 g/mol. The first-order valence-corrected chi connectivity index (χ1v) is 13.4. The highest BCUT2D eigenvalue weighted by atomic mass is 79.9. The van der Waals surface area contributed by atoms with Crippen LogP contribution in [0.3, 0.4) is 0 Å². The van der Waals surface area contributed by atoms with Crippen molar-refractivity contribution in [1.82, 2.24) is 4.57 Å². The number of aromatic hydroxyl groups is 1. The lowest BCUT2D eigenvalue weighted by Crippen LogP contribution is -2.38. The Bertz CT molecular complexity index is 1780. The van der Waals surface area contributed by atoms with E-state index in [0.717, 1.165) is 40.8 Å². The predicted octanol–water partition coefficient (Wildman–Crippen LogP) is 4.57. The summed E-state index contributed by atoms with van der Waals surface area (Å²) in [4.78, 5) is 31.5. The van der Waals surface area contributed by atoms with Gasteiger partial charge < -0.3 is 9.84 Å². The molecule has 0 radical (unpaired) electrons. The summed E-state index contributed by atoms with van der Waals surface area (Å²) in [5.41, 5.74) is 6.40. The number of aromatic nitrogens is 1. The second-order valence-electron chi connectivity index (χ2n) is 8.94. The quantitative estimate of drug-likeness (QED) is 0.364. The largest absolute Gasteiger partial charge is 0.507 e. The third-order valence-electron chi connectivity index (χ3n) is 6.79. The molecule has 1 aliphatic carbocycles. The van der Waals surface area contributed by atoms with Crippen molar-refractivity contribution in [3.63, 3.8) is 0 Å². The van der Waals surface area contributed by atoms with Crippen LogP contribution in [0.15, 0.2) is 86.6 Å². The summed E-state index contributed by atoms with van der Waals surface area (Å²) in [5, 5.41) is 9.85. The Kier molecular flexibility index (Phi) is 5.93. The lowest BCUT2D eigenvalue weighted by molar-refractivity contribution is 0.0600. The lowest BCUT2D eigenvalue weighted by Gasteiger charge is -2.30. The molecule has 4 aromatic rings. The number of halogens is 1. The van der Waals surface area contributed by atoms with E-state index in [0.29, 0.717) is 19.4 Å². The van der Waals surface area contributed by atoms with Gasteiger partial charge in [-0.15, -0.1) is 0 Å². The fourth-order valence-electron chi connectivity index (χ4n) is 5.01. The average Bonchev–Trinajstić information content (AvgIpc) is 3.23. The van der Waals surface area contributed by atoms with E-state index in [4.69, 9.17) is 9.73 Å². The molecule has 2 heterocycles. The third-order valence-corrected chi connectivity index (χ3v) is 8.41. The van der Waals surface area contributed by atoms with Crippen LogP contribution >= 0.6 is 27.3 Å². The molecule has 1 aliphatic heterocycles. The van der Waals surface area contributed by atoms with Crippen molar-refractivity contribution in [1.29, 1.82) is 0 Å². The van der Waals surface area contributed by atoms with E-state index in [2.05, 4.69) is 28.1 Å². The van der Waals surface area contributed by atoms with Gasteiger partial charge in [-0.3, -0.25) is 9.36 Å². The van der Waals surface area contributed by atoms with Gasteiger partial charge in [-0.2, -0.15) is 0 Å². The van der Waals surface area contributed by atoms with Gasteiger partial charge in [0.1, 0.15) is 5.75 Å². The Labute approximate surface area is 224 Å². The highest BCUT2D eigenvalue weighted by Gasteiger charge is 2.32. The number of rotatable bonds is 3. The normalized spacial score (nSPS) is 16.5. The minimum Gasteiger partial charge on any atom is -0.507 e. The molecule has 37 heavy (non-hydrogen) atoms. The molecule has 1 aromatic heterocycles. The van der Waals surface area contributed by atoms with Crippen LogP contribution in [0, 0.1) is 0 Å². The maximum Gasteiger partial charge on any atom is 0.337 e. The van der Waals surface area contributed by atoms with Crippen molar-refractivity contribution < 1.29 is 14.6 Å². The average molecular weight is 573 g/mol. The second-order valence-corrected chi connectivity index (χ2v) is 10.8. The molecule has 8 heteroatoms. The molecule has 1 atom stereocenters. The smallest absolute Gasteiger partial charge is 0.337 e. The van der Waals surface area contributed by atoms with Gasteiger partial charge >= 0.3 is 5.97 Å². The Hall–Kier alpha value is -3.75. The van der Waals surface area contributed by atoms with Crippen molar-refractivity contribution in [2.45, 2.75) is 18.9 Å². The summed E-state index contributed by atoms with van der Waals surface area (Å²) in [7, 11) is 1.36. The molecule has 0 amide bonds. The minimum atomic E-state index is -0.401. The van der Waals surface area contributed by atoms with Crippen molar-refractivity contribution in [3.05, 3.63) is 124 Å². The molecule has 3 aromatic carbocycles. The number of phenols is 1. The first-order valence-electron chi connectivity index (χ1n) is 11.7. The van der Waals surface area contributed by atoms with Gasteiger partial charge in [-0.25, -0.2) is 9.79 Å². The van der Waals surface area contributed by atoms with E-state index in [1.54, 1.807) is 34.9 Å². The maximum atomic E-state index is 13.8. The second kappa shape index (κ2) is 9.28. The highest BCUT2D eigenvalue weighted by molar-refractivity contribution is 9.10. The van der Waals surface area contributed by atoms with E-state index >= 15 is 0 Å². The zero-order valence-corrected chi connectivity index (χ0v) is 22.2. The number of methoxy groups -OCH3 is 1. The van der Waals surface area contributed by atoms with E-state index in [1.807, 2.05) is 30.3 Å². The summed E-state index contributed by atoms with van der Waals surface area (Å²) in [6.07, 6.45) is 3.48. The number of hydrogen-bond donors (Lipinski definition) is 1. The van der Waals surface area contributed by atoms with Crippen LogP contribution in [0.5, 0.6) is 5.75 Å². The molecule has 0 bridgehead atoms. The Morgan fingerprint density at radius 3 is 2.68 bits per heavy atom. The molecule has 0 fully saturated rings. The number of nitrogens with zero attached hydrogens (tertiary/aromatic N) is 2. The van der Waals surface area contributed by atoms with Crippen molar-refractivity contribution in [3.8, 4) is 5.75 Å². The Balaban J connectivity index is 1.58. The van der Waals surface area contributed by atoms with E-state index in [9.17, 15) is 14.7 Å². The number of ether oxygens (including phenoxy) is 1. The first kappa shape index (κ1) is 23.6. The predicted molar refractivity (Wildman–Crippen MR) is 146 cm³/mol.